The summed E-state index contributed by atoms with van der Waals surface area (Å²) in [6.45, 7) is 0.141. The molecule has 1 aromatic carbocycles. The van der Waals surface area contributed by atoms with E-state index in [1.165, 1.54) is 19.2 Å². The first-order valence-electron chi connectivity index (χ1n) is 4.55. The number of ether oxygens (including phenoxy) is 1. The van der Waals surface area contributed by atoms with Crippen LogP contribution in [0.15, 0.2) is 12.1 Å². The fourth-order valence-corrected chi connectivity index (χ4v) is 1.38. The molecular formula is C10H12ClFN2O2. The van der Waals surface area contributed by atoms with Crippen molar-refractivity contribution in [2.45, 2.75) is 6.54 Å². The molecule has 3 N–H and O–H groups in total. The van der Waals surface area contributed by atoms with Gasteiger partial charge in [-0.15, -0.1) is 0 Å². The summed E-state index contributed by atoms with van der Waals surface area (Å²) < 4.78 is 17.8. The molecule has 0 bridgehead atoms. The lowest BCUT2D eigenvalue weighted by Crippen LogP contribution is -2.24. The Labute approximate surface area is 97.5 Å². The molecule has 88 valence electrons. The fraction of sp³-hybridized carbons (Fsp3) is 0.300. The van der Waals surface area contributed by atoms with E-state index in [4.69, 9.17) is 17.3 Å². The first kappa shape index (κ1) is 12.7. The second-order valence-corrected chi connectivity index (χ2v) is 3.57. The van der Waals surface area contributed by atoms with Gasteiger partial charge in [-0.1, -0.05) is 11.6 Å². The van der Waals surface area contributed by atoms with Gasteiger partial charge in [0.2, 0.25) is 0 Å². The van der Waals surface area contributed by atoms with Crippen molar-refractivity contribution in [3.8, 4) is 0 Å². The Morgan fingerprint density at radius 2 is 2.31 bits per heavy atom. The Bertz CT molecular complexity index is 375. The third-order valence-corrected chi connectivity index (χ3v) is 2.21. The minimum absolute atomic E-state index is 0.00198. The number of nitrogens with two attached hydrogens (primary N) is 1. The highest BCUT2D eigenvalue weighted by atomic mass is 35.5. The smallest absolute Gasteiger partial charge is 0.319 e. The number of nitrogen functional groups attached to an aromatic ring is 1. The molecule has 16 heavy (non-hydrogen) atoms. The molecule has 0 saturated carbocycles. The lowest BCUT2D eigenvalue weighted by Gasteiger charge is -2.08. The van der Waals surface area contributed by atoms with Crippen molar-refractivity contribution in [3.63, 3.8) is 0 Å². The largest absolute Gasteiger partial charge is 0.468 e. The van der Waals surface area contributed by atoms with Gasteiger partial charge in [0.25, 0.3) is 0 Å². The van der Waals surface area contributed by atoms with Gasteiger partial charge in [-0.05, 0) is 12.1 Å². The zero-order valence-electron chi connectivity index (χ0n) is 8.72. The number of hydrogen-bond acceptors (Lipinski definition) is 4. The van der Waals surface area contributed by atoms with Crippen molar-refractivity contribution >= 4 is 23.3 Å². The average Bonchev–Trinajstić information content (AvgIpc) is 2.21. The molecule has 0 saturated heterocycles. The van der Waals surface area contributed by atoms with Crippen molar-refractivity contribution in [2.24, 2.45) is 0 Å². The Balaban J connectivity index is 2.64. The predicted molar refractivity (Wildman–Crippen MR) is 59.5 cm³/mol. The number of carbonyl (C=O) groups is 1. The Hall–Kier alpha value is -1.33. The fourth-order valence-electron chi connectivity index (χ4n) is 1.17. The van der Waals surface area contributed by atoms with E-state index in [1.54, 1.807) is 0 Å². The number of rotatable bonds is 4. The van der Waals surface area contributed by atoms with Crippen LogP contribution in [0.3, 0.4) is 0 Å². The number of halogens is 2. The molecular weight excluding hydrogens is 235 g/mol. The number of carbonyl (C=O) groups excluding carboxylic acids is 1. The van der Waals surface area contributed by atoms with Gasteiger partial charge in [0.05, 0.1) is 13.7 Å². The quantitative estimate of drug-likeness (QED) is 0.621. The average molecular weight is 247 g/mol. The highest BCUT2D eigenvalue weighted by molar-refractivity contribution is 6.30. The van der Waals surface area contributed by atoms with Crippen molar-refractivity contribution in [2.75, 3.05) is 19.4 Å². The van der Waals surface area contributed by atoms with Crippen LogP contribution < -0.4 is 11.1 Å². The SMILES string of the molecule is COC(=O)CNCc1c(N)cc(Cl)cc1F. The van der Waals surface area contributed by atoms with Gasteiger partial charge in [-0.3, -0.25) is 4.79 Å². The molecule has 0 aliphatic rings. The van der Waals surface area contributed by atoms with E-state index in [9.17, 15) is 9.18 Å². The minimum Gasteiger partial charge on any atom is -0.468 e. The number of esters is 1. The van der Waals surface area contributed by atoms with E-state index in [0.29, 0.717) is 0 Å². The lowest BCUT2D eigenvalue weighted by atomic mass is 10.1. The highest BCUT2D eigenvalue weighted by Crippen LogP contribution is 2.21. The summed E-state index contributed by atoms with van der Waals surface area (Å²) in [4.78, 5) is 10.8. The zero-order valence-corrected chi connectivity index (χ0v) is 9.47. The van der Waals surface area contributed by atoms with Gasteiger partial charge in [-0.2, -0.15) is 0 Å². The minimum atomic E-state index is -0.498. The molecule has 0 fully saturated rings. The molecule has 0 radical (unpaired) electrons. The van der Waals surface area contributed by atoms with E-state index in [-0.39, 0.29) is 29.4 Å². The maximum atomic E-state index is 13.4. The second-order valence-electron chi connectivity index (χ2n) is 3.14. The molecule has 1 aromatic rings. The summed E-state index contributed by atoms with van der Waals surface area (Å²) in [6.07, 6.45) is 0. The monoisotopic (exact) mass is 246 g/mol. The number of anilines is 1. The van der Waals surface area contributed by atoms with Crippen molar-refractivity contribution < 1.29 is 13.9 Å². The maximum absolute atomic E-state index is 13.4. The summed E-state index contributed by atoms with van der Waals surface area (Å²) >= 11 is 5.61. The third kappa shape index (κ3) is 3.36. The summed E-state index contributed by atoms with van der Waals surface area (Å²) in [7, 11) is 1.28. The van der Waals surface area contributed by atoms with Crippen LogP contribution in [0.4, 0.5) is 10.1 Å². The predicted octanol–water partition coefficient (Wildman–Crippen LogP) is 1.32. The molecule has 0 aliphatic heterocycles. The molecule has 0 unspecified atom stereocenters. The second kappa shape index (κ2) is 5.67. The molecule has 1 rings (SSSR count). The molecule has 0 spiro atoms. The van der Waals surface area contributed by atoms with E-state index in [0.717, 1.165) is 0 Å². The van der Waals surface area contributed by atoms with E-state index >= 15 is 0 Å². The van der Waals surface area contributed by atoms with E-state index in [2.05, 4.69) is 10.1 Å². The first-order valence-corrected chi connectivity index (χ1v) is 4.93. The molecule has 0 heterocycles. The van der Waals surface area contributed by atoms with Gasteiger partial charge >= 0.3 is 5.97 Å². The van der Waals surface area contributed by atoms with Crippen LogP contribution in [-0.4, -0.2) is 19.6 Å². The molecule has 0 atom stereocenters. The number of methoxy groups -OCH3 is 1. The molecule has 0 amide bonds. The molecule has 6 heteroatoms. The number of hydrogen-bond donors (Lipinski definition) is 2. The summed E-state index contributed by atoms with van der Waals surface area (Å²) in [5.41, 5.74) is 6.13. The van der Waals surface area contributed by atoms with Gasteiger partial charge in [-0.25, -0.2) is 4.39 Å². The van der Waals surface area contributed by atoms with E-state index in [1.807, 2.05) is 0 Å². The highest BCUT2D eigenvalue weighted by Gasteiger charge is 2.08. The van der Waals surface area contributed by atoms with Crippen molar-refractivity contribution in [1.82, 2.24) is 5.32 Å². The summed E-state index contributed by atoms with van der Waals surface area (Å²) in [5, 5.41) is 2.96. The molecule has 0 aliphatic carbocycles. The van der Waals surface area contributed by atoms with Gasteiger partial charge in [0.1, 0.15) is 5.82 Å². The van der Waals surface area contributed by atoms with Crippen LogP contribution in [0.5, 0.6) is 0 Å². The lowest BCUT2D eigenvalue weighted by molar-refractivity contribution is -0.139. The summed E-state index contributed by atoms with van der Waals surface area (Å²) in [5.74, 6) is -0.921. The number of benzene rings is 1. The van der Waals surface area contributed by atoms with Crippen molar-refractivity contribution in [1.29, 1.82) is 0 Å². The van der Waals surface area contributed by atoms with Crippen LogP contribution in [0, 0.1) is 5.82 Å². The van der Waals surface area contributed by atoms with Crippen LogP contribution in [0.2, 0.25) is 5.02 Å². The molecule has 0 aromatic heterocycles. The van der Waals surface area contributed by atoms with Gasteiger partial charge in [0, 0.05) is 22.8 Å². The Morgan fingerprint density at radius 1 is 1.62 bits per heavy atom. The van der Waals surface area contributed by atoms with Crippen LogP contribution in [-0.2, 0) is 16.1 Å². The Kier molecular flexibility index (Phi) is 4.52. The standard InChI is InChI=1S/C10H12ClFN2O2/c1-16-10(15)5-14-4-7-8(12)2-6(11)3-9(7)13/h2-3,14H,4-5,13H2,1H3. The van der Waals surface area contributed by atoms with Crippen LogP contribution in [0.25, 0.3) is 0 Å². The topological polar surface area (TPSA) is 64.3 Å². The first-order chi connectivity index (χ1) is 7.54. The number of nitrogens with one attached hydrogen (secondary N) is 1. The van der Waals surface area contributed by atoms with Crippen molar-refractivity contribution in [3.05, 3.63) is 28.5 Å². The summed E-state index contributed by atoms with van der Waals surface area (Å²) in [6, 6.07) is 2.63. The van der Waals surface area contributed by atoms with Gasteiger partial charge in [0.15, 0.2) is 0 Å². The normalized spacial score (nSPS) is 10.2. The third-order valence-electron chi connectivity index (χ3n) is 1.99. The van der Waals surface area contributed by atoms with Gasteiger partial charge < -0.3 is 15.8 Å². The van der Waals surface area contributed by atoms with Crippen LogP contribution >= 0.6 is 11.6 Å². The molecule has 4 nitrogen and oxygen atoms in total. The zero-order chi connectivity index (χ0) is 12.1. The van der Waals surface area contributed by atoms with Crippen LogP contribution in [0.1, 0.15) is 5.56 Å². The Morgan fingerprint density at radius 3 is 2.88 bits per heavy atom. The maximum Gasteiger partial charge on any atom is 0.319 e. The van der Waals surface area contributed by atoms with E-state index < -0.39 is 11.8 Å².